The first-order valence-electron chi connectivity index (χ1n) is 31.6. The van der Waals surface area contributed by atoms with Crippen LogP contribution in [0.1, 0.15) is 348 Å². The van der Waals surface area contributed by atoms with E-state index in [0.29, 0.717) is 19.4 Å². The molecule has 0 saturated carbocycles. The maximum atomic E-state index is 12.4. The summed E-state index contributed by atoms with van der Waals surface area (Å²) in [7, 11) is 0. The van der Waals surface area contributed by atoms with Gasteiger partial charge in [-0.3, -0.25) is 9.59 Å². The number of ether oxygens (including phenoxy) is 1. The summed E-state index contributed by atoms with van der Waals surface area (Å²) in [5.74, 6) is -0.0506. The molecule has 0 radical (unpaired) electrons. The maximum absolute atomic E-state index is 12.4. The van der Waals surface area contributed by atoms with Gasteiger partial charge in [-0.25, -0.2) is 0 Å². The fourth-order valence-corrected chi connectivity index (χ4v) is 9.87. The number of nitrogens with one attached hydrogen (secondary N) is 1. The van der Waals surface area contributed by atoms with Crippen molar-refractivity contribution in [3.8, 4) is 0 Å². The quantitative estimate of drug-likeness (QED) is 0.0321. The molecule has 0 fully saturated rings. The van der Waals surface area contributed by atoms with Gasteiger partial charge in [0.15, 0.2) is 0 Å². The summed E-state index contributed by atoms with van der Waals surface area (Å²) in [5.41, 5.74) is 0. The molecule has 414 valence electrons. The Hall–Kier alpha value is -1.66. The van der Waals surface area contributed by atoms with Crippen LogP contribution in [0.2, 0.25) is 0 Å². The lowest BCUT2D eigenvalue weighted by Gasteiger charge is -2.20. The number of allylic oxidation sites excluding steroid dienone is 3. The normalized spacial score (nSPS) is 12.7. The van der Waals surface area contributed by atoms with Gasteiger partial charge in [-0.05, 0) is 57.8 Å². The Bertz CT molecular complexity index is 1090. The Morgan fingerprint density at radius 1 is 0.386 bits per heavy atom. The monoisotopic (exact) mass is 986 g/mol. The van der Waals surface area contributed by atoms with Crippen LogP contribution in [-0.4, -0.2) is 47.4 Å². The average Bonchev–Trinajstić information content (AvgIpc) is 3.36. The van der Waals surface area contributed by atoms with Crippen molar-refractivity contribution in [1.29, 1.82) is 0 Å². The van der Waals surface area contributed by atoms with Crippen molar-refractivity contribution < 1.29 is 24.5 Å². The summed E-state index contributed by atoms with van der Waals surface area (Å²) in [5, 5.41) is 23.1. The van der Waals surface area contributed by atoms with Crippen LogP contribution in [0.3, 0.4) is 0 Å². The molecule has 0 aromatic heterocycles. The zero-order valence-corrected chi connectivity index (χ0v) is 47.3. The molecule has 0 aromatic carbocycles. The van der Waals surface area contributed by atoms with E-state index in [1.165, 1.54) is 283 Å². The molecule has 0 aromatic rings. The summed E-state index contributed by atoms with van der Waals surface area (Å²) >= 11 is 0. The molecule has 70 heavy (non-hydrogen) atoms. The van der Waals surface area contributed by atoms with E-state index in [-0.39, 0.29) is 18.5 Å². The van der Waals surface area contributed by atoms with Gasteiger partial charge in [0, 0.05) is 12.8 Å². The Morgan fingerprint density at radius 3 is 1.01 bits per heavy atom. The van der Waals surface area contributed by atoms with Crippen LogP contribution in [0.15, 0.2) is 24.3 Å². The van der Waals surface area contributed by atoms with Crippen molar-refractivity contribution in [2.75, 3.05) is 13.2 Å². The van der Waals surface area contributed by atoms with Crippen molar-refractivity contribution in [2.24, 2.45) is 0 Å². The molecule has 3 N–H and O–H groups in total. The summed E-state index contributed by atoms with van der Waals surface area (Å²) in [6.07, 6.45) is 73.7. The highest BCUT2D eigenvalue weighted by Gasteiger charge is 2.18. The third kappa shape index (κ3) is 55.7. The minimum atomic E-state index is -0.843. The number of amides is 1. The second kappa shape index (κ2) is 59.9. The second-order valence-electron chi connectivity index (χ2n) is 21.7. The SMILES string of the molecule is CCCCCCCCCCCCC/C=C/C(O)C(CO)NC(=O)CCCCCCCCCCCCCC/C=C\CCCCCCCCCCCCCCOC(=O)CCCCCCCCCCCCCC. The highest BCUT2D eigenvalue weighted by Crippen LogP contribution is 2.17. The van der Waals surface area contributed by atoms with Crippen LogP contribution in [0.5, 0.6) is 0 Å². The summed E-state index contributed by atoms with van der Waals surface area (Å²) in [6, 6.07) is -0.626. The zero-order valence-electron chi connectivity index (χ0n) is 47.3. The van der Waals surface area contributed by atoms with Gasteiger partial charge in [0.1, 0.15) is 0 Å². The van der Waals surface area contributed by atoms with Crippen LogP contribution >= 0.6 is 0 Å². The second-order valence-corrected chi connectivity index (χ2v) is 21.7. The number of aliphatic hydroxyl groups is 2. The van der Waals surface area contributed by atoms with Crippen LogP contribution in [0.25, 0.3) is 0 Å². The molecule has 0 heterocycles. The molecule has 2 atom stereocenters. The number of rotatable bonds is 59. The van der Waals surface area contributed by atoms with Crippen LogP contribution in [0, 0.1) is 0 Å². The predicted octanol–water partition coefficient (Wildman–Crippen LogP) is 19.8. The van der Waals surface area contributed by atoms with Crippen molar-refractivity contribution in [3.63, 3.8) is 0 Å². The van der Waals surface area contributed by atoms with Crippen LogP contribution in [-0.2, 0) is 14.3 Å². The van der Waals surface area contributed by atoms with Gasteiger partial charge in [0.25, 0.3) is 0 Å². The number of aliphatic hydroxyl groups excluding tert-OH is 2. The minimum Gasteiger partial charge on any atom is -0.466 e. The lowest BCUT2D eigenvalue weighted by Crippen LogP contribution is -2.45. The van der Waals surface area contributed by atoms with E-state index in [9.17, 15) is 19.8 Å². The Kier molecular flexibility index (Phi) is 58.5. The minimum absolute atomic E-state index is 0.0164. The molecule has 0 bridgehead atoms. The Labute approximate surface area is 437 Å². The van der Waals surface area contributed by atoms with E-state index in [2.05, 4.69) is 31.3 Å². The van der Waals surface area contributed by atoms with Crippen molar-refractivity contribution in [2.45, 2.75) is 360 Å². The predicted molar refractivity (Wildman–Crippen MR) is 306 cm³/mol. The third-order valence-corrected chi connectivity index (χ3v) is 14.7. The molecule has 6 heteroatoms. The van der Waals surface area contributed by atoms with Gasteiger partial charge >= 0.3 is 5.97 Å². The molecule has 2 unspecified atom stereocenters. The van der Waals surface area contributed by atoms with Gasteiger partial charge in [0.2, 0.25) is 5.91 Å². The maximum Gasteiger partial charge on any atom is 0.305 e. The van der Waals surface area contributed by atoms with Gasteiger partial charge in [-0.2, -0.15) is 0 Å². The van der Waals surface area contributed by atoms with E-state index >= 15 is 0 Å². The highest BCUT2D eigenvalue weighted by molar-refractivity contribution is 5.76. The summed E-state index contributed by atoms with van der Waals surface area (Å²) in [6.45, 7) is 4.92. The van der Waals surface area contributed by atoms with Gasteiger partial charge in [-0.1, -0.05) is 301 Å². The molecule has 0 rings (SSSR count). The molecule has 1 amide bonds. The number of carbonyl (C=O) groups is 2. The van der Waals surface area contributed by atoms with Crippen LogP contribution < -0.4 is 5.32 Å². The van der Waals surface area contributed by atoms with Crippen molar-refractivity contribution >= 4 is 11.9 Å². The number of unbranched alkanes of at least 4 members (excludes halogenated alkanes) is 46. The molecule has 0 saturated heterocycles. The fourth-order valence-electron chi connectivity index (χ4n) is 9.87. The van der Waals surface area contributed by atoms with E-state index < -0.39 is 12.1 Å². The van der Waals surface area contributed by atoms with E-state index in [1.807, 2.05) is 6.08 Å². The number of hydrogen-bond donors (Lipinski definition) is 3. The van der Waals surface area contributed by atoms with Gasteiger partial charge in [-0.15, -0.1) is 0 Å². The summed E-state index contributed by atoms with van der Waals surface area (Å²) in [4.78, 5) is 24.5. The highest BCUT2D eigenvalue weighted by atomic mass is 16.5. The lowest BCUT2D eigenvalue weighted by atomic mass is 10.0. The molecule has 0 aliphatic carbocycles. The molecule has 6 nitrogen and oxygen atoms in total. The van der Waals surface area contributed by atoms with Crippen molar-refractivity contribution in [3.05, 3.63) is 24.3 Å². The average molecular weight is 987 g/mol. The zero-order chi connectivity index (χ0) is 50.7. The van der Waals surface area contributed by atoms with Crippen molar-refractivity contribution in [1.82, 2.24) is 5.32 Å². The summed E-state index contributed by atoms with van der Waals surface area (Å²) < 4.78 is 5.48. The van der Waals surface area contributed by atoms with E-state index in [4.69, 9.17) is 4.74 Å². The van der Waals surface area contributed by atoms with E-state index in [0.717, 1.165) is 38.5 Å². The first-order valence-corrected chi connectivity index (χ1v) is 31.6. The first kappa shape index (κ1) is 68.3. The van der Waals surface area contributed by atoms with Gasteiger partial charge in [0.05, 0.1) is 25.4 Å². The number of hydrogen-bond acceptors (Lipinski definition) is 5. The third-order valence-electron chi connectivity index (χ3n) is 14.7. The Balaban J connectivity index is 3.38. The van der Waals surface area contributed by atoms with Gasteiger partial charge < -0.3 is 20.3 Å². The molecule has 0 spiro atoms. The smallest absolute Gasteiger partial charge is 0.305 e. The molecular formula is C64H123NO5. The number of esters is 1. The molecular weight excluding hydrogens is 863 g/mol. The van der Waals surface area contributed by atoms with Crippen LogP contribution in [0.4, 0.5) is 0 Å². The first-order chi connectivity index (χ1) is 34.5. The topological polar surface area (TPSA) is 95.9 Å². The molecule has 0 aliphatic heterocycles. The lowest BCUT2D eigenvalue weighted by molar-refractivity contribution is -0.143. The number of carbonyl (C=O) groups excluding carboxylic acids is 2. The largest absolute Gasteiger partial charge is 0.466 e. The Morgan fingerprint density at radius 2 is 0.671 bits per heavy atom. The fraction of sp³-hybridized carbons (Fsp3) is 0.906. The molecule has 0 aliphatic rings. The van der Waals surface area contributed by atoms with E-state index in [1.54, 1.807) is 6.08 Å². The standard InChI is InChI=1S/C64H123NO5/c1-3-5-7-9-11-13-15-33-36-40-44-48-52-56-62(67)61(60-66)65-63(68)57-53-49-45-41-37-34-31-29-27-25-23-21-19-17-18-20-22-24-26-28-30-32-35-39-43-47-51-55-59-70-64(69)58-54-50-46-42-38-16-14-12-10-8-6-4-2/h17-18,52,56,61-62,66-67H,3-16,19-51,53-55,57-60H2,1-2H3,(H,65,68)/b18-17-,56-52+.